The van der Waals surface area contributed by atoms with Crippen molar-refractivity contribution < 1.29 is 9.90 Å². The van der Waals surface area contributed by atoms with Crippen molar-refractivity contribution >= 4 is 11.7 Å². The van der Waals surface area contributed by atoms with Crippen molar-refractivity contribution in [2.45, 2.75) is 33.2 Å². The SMILES string of the molecule is Cc1cc(C)cc(C(C)(Nc2ccccc2C)C(=O)O)c1. The number of nitrogens with one attached hydrogen (secondary N) is 1. The van der Waals surface area contributed by atoms with E-state index < -0.39 is 11.5 Å². The number of carboxylic acids is 1. The standard InChI is InChI=1S/C18H21NO2/c1-12-9-13(2)11-15(10-12)18(4,17(20)21)19-16-8-6-5-7-14(16)3/h5-11,19H,1-4H3,(H,20,21). The van der Waals surface area contributed by atoms with Gasteiger partial charge in [-0.25, -0.2) is 4.79 Å². The van der Waals surface area contributed by atoms with Gasteiger partial charge in [0.1, 0.15) is 0 Å². The second-order valence-electron chi connectivity index (χ2n) is 5.75. The van der Waals surface area contributed by atoms with Gasteiger partial charge >= 0.3 is 5.97 Å². The zero-order valence-corrected chi connectivity index (χ0v) is 12.9. The molecular formula is C18H21NO2. The van der Waals surface area contributed by atoms with Crippen LogP contribution in [0.4, 0.5) is 5.69 Å². The van der Waals surface area contributed by atoms with E-state index in [0.29, 0.717) is 0 Å². The highest BCUT2D eigenvalue weighted by atomic mass is 16.4. The number of aryl methyl sites for hydroxylation is 3. The number of carbonyl (C=O) groups is 1. The molecule has 110 valence electrons. The van der Waals surface area contributed by atoms with Crippen LogP contribution >= 0.6 is 0 Å². The molecule has 0 amide bonds. The quantitative estimate of drug-likeness (QED) is 0.891. The van der Waals surface area contributed by atoms with Gasteiger partial charge < -0.3 is 10.4 Å². The molecule has 2 aromatic carbocycles. The molecule has 0 aliphatic rings. The Balaban J connectivity index is 2.50. The monoisotopic (exact) mass is 283 g/mol. The molecule has 0 saturated carbocycles. The summed E-state index contributed by atoms with van der Waals surface area (Å²) in [5.74, 6) is -0.893. The molecule has 0 saturated heterocycles. The minimum Gasteiger partial charge on any atom is -0.479 e. The topological polar surface area (TPSA) is 49.3 Å². The Morgan fingerprint density at radius 1 is 1.05 bits per heavy atom. The minimum absolute atomic E-state index is 0.760. The first-order valence-electron chi connectivity index (χ1n) is 6.99. The molecule has 1 unspecified atom stereocenters. The molecule has 2 rings (SSSR count). The van der Waals surface area contributed by atoms with Gasteiger partial charge in [-0.15, -0.1) is 0 Å². The van der Waals surface area contributed by atoms with Crippen LogP contribution < -0.4 is 5.32 Å². The molecule has 0 aliphatic heterocycles. The number of hydrogen-bond acceptors (Lipinski definition) is 2. The largest absolute Gasteiger partial charge is 0.479 e. The number of carboxylic acid groups (broad SMARTS) is 1. The molecule has 3 heteroatoms. The number of rotatable bonds is 4. The van der Waals surface area contributed by atoms with Gasteiger partial charge in [0.15, 0.2) is 5.54 Å². The van der Waals surface area contributed by atoms with Crippen molar-refractivity contribution in [2.24, 2.45) is 0 Å². The lowest BCUT2D eigenvalue weighted by Gasteiger charge is -2.29. The van der Waals surface area contributed by atoms with Crippen molar-refractivity contribution in [2.75, 3.05) is 5.32 Å². The van der Waals surface area contributed by atoms with Crippen LogP contribution in [0.3, 0.4) is 0 Å². The van der Waals surface area contributed by atoms with Gasteiger partial charge in [-0.3, -0.25) is 0 Å². The first-order valence-corrected chi connectivity index (χ1v) is 6.99. The van der Waals surface area contributed by atoms with Gasteiger partial charge in [0.05, 0.1) is 0 Å². The number of anilines is 1. The predicted molar refractivity (Wildman–Crippen MR) is 85.7 cm³/mol. The maximum Gasteiger partial charge on any atom is 0.333 e. The van der Waals surface area contributed by atoms with Gasteiger partial charge in [-0.1, -0.05) is 47.5 Å². The van der Waals surface area contributed by atoms with E-state index in [1.807, 2.05) is 63.2 Å². The molecule has 0 spiro atoms. The van der Waals surface area contributed by atoms with Crippen LogP contribution in [0.5, 0.6) is 0 Å². The molecule has 2 N–H and O–H groups in total. The normalized spacial score (nSPS) is 13.5. The van der Waals surface area contributed by atoms with Crippen molar-refractivity contribution in [1.82, 2.24) is 0 Å². The summed E-state index contributed by atoms with van der Waals surface area (Å²) in [6, 6.07) is 13.6. The molecule has 3 nitrogen and oxygen atoms in total. The lowest BCUT2D eigenvalue weighted by Crippen LogP contribution is -2.40. The third kappa shape index (κ3) is 3.07. The smallest absolute Gasteiger partial charge is 0.333 e. The molecule has 2 aromatic rings. The van der Waals surface area contributed by atoms with Gasteiger partial charge in [0.25, 0.3) is 0 Å². The average Bonchev–Trinajstić information content (AvgIpc) is 2.40. The molecule has 0 aromatic heterocycles. The first-order chi connectivity index (χ1) is 9.83. The second kappa shape index (κ2) is 5.60. The highest BCUT2D eigenvalue weighted by Crippen LogP contribution is 2.29. The van der Waals surface area contributed by atoms with Crippen LogP contribution in [0.1, 0.15) is 29.2 Å². The zero-order chi connectivity index (χ0) is 15.6. The number of benzene rings is 2. The summed E-state index contributed by atoms with van der Waals surface area (Å²) in [7, 11) is 0. The summed E-state index contributed by atoms with van der Waals surface area (Å²) < 4.78 is 0. The van der Waals surface area contributed by atoms with Crippen molar-refractivity contribution in [3.8, 4) is 0 Å². The van der Waals surface area contributed by atoms with Gasteiger partial charge in [0, 0.05) is 5.69 Å². The molecule has 0 bridgehead atoms. The number of hydrogen-bond donors (Lipinski definition) is 2. The summed E-state index contributed by atoms with van der Waals surface area (Å²) in [5, 5.41) is 13.0. The van der Waals surface area contributed by atoms with Crippen LogP contribution in [0.2, 0.25) is 0 Å². The Hall–Kier alpha value is -2.29. The molecule has 1 atom stereocenters. The molecule has 21 heavy (non-hydrogen) atoms. The second-order valence-corrected chi connectivity index (χ2v) is 5.75. The van der Waals surface area contributed by atoms with Crippen LogP contribution in [0.25, 0.3) is 0 Å². The minimum atomic E-state index is -1.16. The molecule has 0 aliphatic carbocycles. The summed E-state index contributed by atoms with van der Waals surface area (Å²) >= 11 is 0. The van der Waals surface area contributed by atoms with E-state index in [4.69, 9.17) is 0 Å². The highest BCUT2D eigenvalue weighted by Gasteiger charge is 2.35. The third-order valence-corrected chi connectivity index (χ3v) is 3.76. The Kier molecular flexibility index (Phi) is 4.03. The van der Waals surface area contributed by atoms with Crippen LogP contribution in [0, 0.1) is 20.8 Å². The Morgan fingerprint density at radius 3 is 2.14 bits per heavy atom. The van der Waals surface area contributed by atoms with E-state index in [1.165, 1.54) is 0 Å². The summed E-state index contributed by atoms with van der Waals surface area (Å²) in [6.07, 6.45) is 0. The van der Waals surface area contributed by atoms with Crippen LogP contribution in [-0.2, 0) is 10.3 Å². The summed E-state index contributed by atoms with van der Waals surface area (Å²) in [5.41, 5.74) is 3.57. The zero-order valence-electron chi connectivity index (χ0n) is 12.9. The highest BCUT2D eigenvalue weighted by molar-refractivity contribution is 5.84. The Morgan fingerprint density at radius 2 is 1.62 bits per heavy atom. The Bertz CT molecular complexity index is 658. The van der Waals surface area contributed by atoms with E-state index in [-0.39, 0.29) is 0 Å². The fraction of sp³-hybridized carbons (Fsp3) is 0.278. The maximum absolute atomic E-state index is 11.9. The lowest BCUT2D eigenvalue weighted by molar-refractivity contribution is -0.142. The van der Waals surface area contributed by atoms with E-state index in [9.17, 15) is 9.90 Å². The van der Waals surface area contributed by atoms with E-state index in [1.54, 1.807) is 6.92 Å². The third-order valence-electron chi connectivity index (χ3n) is 3.76. The van der Waals surface area contributed by atoms with Crippen molar-refractivity contribution in [1.29, 1.82) is 0 Å². The first kappa shape index (κ1) is 15.1. The molecule has 0 radical (unpaired) electrons. The Labute approximate surface area is 125 Å². The summed E-state index contributed by atoms with van der Waals surface area (Å²) in [6.45, 7) is 7.63. The predicted octanol–water partition coefficient (Wildman–Crippen LogP) is 4.02. The van der Waals surface area contributed by atoms with Gasteiger partial charge in [0.2, 0.25) is 0 Å². The van der Waals surface area contributed by atoms with Crippen molar-refractivity contribution in [3.63, 3.8) is 0 Å². The lowest BCUT2D eigenvalue weighted by atomic mass is 9.89. The number of aliphatic carboxylic acids is 1. The van der Waals surface area contributed by atoms with Crippen LogP contribution in [0.15, 0.2) is 42.5 Å². The number of para-hydroxylation sites is 1. The maximum atomic E-state index is 11.9. The fourth-order valence-electron chi connectivity index (χ4n) is 2.49. The van der Waals surface area contributed by atoms with E-state index >= 15 is 0 Å². The summed E-state index contributed by atoms with van der Waals surface area (Å²) in [4.78, 5) is 11.9. The molecule has 0 fully saturated rings. The van der Waals surface area contributed by atoms with E-state index in [2.05, 4.69) is 5.32 Å². The van der Waals surface area contributed by atoms with E-state index in [0.717, 1.165) is 27.9 Å². The fourth-order valence-corrected chi connectivity index (χ4v) is 2.49. The molecule has 0 heterocycles. The van der Waals surface area contributed by atoms with Crippen LogP contribution in [-0.4, -0.2) is 11.1 Å². The molecular weight excluding hydrogens is 262 g/mol. The van der Waals surface area contributed by atoms with Gasteiger partial charge in [-0.05, 0) is 44.9 Å². The van der Waals surface area contributed by atoms with Gasteiger partial charge in [-0.2, -0.15) is 0 Å². The average molecular weight is 283 g/mol. The van der Waals surface area contributed by atoms with Crippen molar-refractivity contribution in [3.05, 3.63) is 64.7 Å².